The molecule has 0 unspecified atom stereocenters. The molecule has 0 aliphatic heterocycles. The molecule has 0 radical (unpaired) electrons. The van der Waals surface area contributed by atoms with Crippen molar-refractivity contribution in [3.05, 3.63) is 48.0 Å². The van der Waals surface area contributed by atoms with Gasteiger partial charge in [-0.2, -0.15) is 17.8 Å². The van der Waals surface area contributed by atoms with Crippen molar-refractivity contribution >= 4 is 10.2 Å². The number of rotatable bonds is 8. The lowest BCUT2D eigenvalue weighted by Gasteiger charge is -2.17. The minimum absolute atomic E-state index is 0.346. The maximum atomic E-state index is 12.1. The maximum Gasteiger partial charge on any atom is 0.279 e. The number of aryl methyl sites for hydroxylation is 1. The fourth-order valence-corrected chi connectivity index (χ4v) is 2.79. The summed E-state index contributed by atoms with van der Waals surface area (Å²) in [4.78, 5) is 3.99. The molecule has 0 aliphatic rings. The summed E-state index contributed by atoms with van der Waals surface area (Å²) in [7, 11) is -1.90. The third-order valence-electron chi connectivity index (χ3n) is 3.00. The van der Waals surface area contributed by atoms with Gasteiger partial charge in [-0.1, -0.05) is 30.3 Å². The van der Waals surface area contributed by atoms with Gasteiger partial charge < -0.3 is 0 Å². The number of nitrogens with one attached hydrogen (secondary N) is 2. The molecular formula is C13H19N5O2S. The van der Waals surface area contributed by atoms with E-state index in [1.165, 1.54) is 10.6 Å². The Kier molecular flexibility index (Phi) is 5.43. The van der Waals surface area contributed by atoms with E-state index in [-0.39, 0.29) is 0 Å². The van der Waals surface area contributed by atoms with Crippen molar-refractivity contribution in [1.29, 1.82) is 0 Å². The van der Waals surface area contributed by atoms with Gasteiger partial charge in [0.1, 0.15) is 12.2 Å². The van der Waals surface area contributed by atoms with Crippen LogP contribution in [0.1, 0.15) is 17.8 Å². The first-order chi connectivity index (χ1) is 10.1. The van der Waals surface area contributed by atoms with E-state index in [1.807, 2.05) is 30.3 Å². The SMILES string of the molecule is CN(Cc1ccccc1)S(=O)(=O)NCCCc1ncn[nH]1. The largest absolute Gasteiger partial charge is 0.279 e. The van der Waals surface area contributed by atoms with Crippen molar-refractivity contribution in [2.24, 2.45) is 0 Å². The van der Waals surface area contributed by atoms with E-state index in [9.17, 15) is 8.42 Å². The van der Waals surface area contributed by atoms with Crippen LogP contribution in [0.3, 0.4) is 0 Å². The molecule has 2 aromatic rings. The summed E-state index contributed by atoms with van der Waals surface area (Å²) in [5.74, 6) is 0.756. The summed E-state index contributed by atoms with van der Waals surface area (Å²) in [6, 6.07) is 9.48. The quantitative estimate of drug-likeness (QED) is 0.702. The van der Waals surface area contributed by atoms with E-state index in [2.05, 4.69) is 19.9 Å². The fourth-order valence-electron chi connectivity index (χ4n) is 1.84. The molecule has 1 aromatic heterocycles. The zero-order valence-corrected chi connectivity index (χ0v) is 12.7. The fraction of sp³-hybridized carbons (Fsp3) is 0.385. The summed E-state index contributed by atoms with van der Waals surface area (Å²) in [6.45, 7) is 0.709. The van der Waals surface area contributed by atoms with Gasteiger partial charge in [0.05, 0.1) is 0 Å². The molecule has 114 valence electrons. The van der Waals surface area contributed by atoms with Crippen LogP contribution in [0.25, 0.3) is 0 Å². The topological polar surface area (TPSA) is 91.0 Å². The highest BCUT2D eigenvalue weighted by molar-refractivity contribution is 7.87. The molecule has 0 amide bonds. The first-order valence-corrected chi connectivity index (χ1v) is 8.11. The molecule has 21 heavy (non-hydrogen) atoms. The van der Waals surface area contributed by atoms with Crippen LogP contribution in [0.15, 0.2) is 36.7 Å². The molecule has 0 bridgehead atoms. The number of aromatic amines is 1. The first kappa shape index (κ1) is 15.6. The predicted octanol–water partition coefficient (Wildman–Crippen LogP) is 0.704. The molecule has 0 saturated heterocycles. The van der Waals surface area contributed by atoms with Crippen LogP contribution in [-0.2, 0) is 23.2 Å². The van der Waals surface area contributed by atoms with E-state index in [0.717, 1.165) is 11.4 Å². The Morgan fingerprint density at radius 1 is 1.29 bits per heavy atom. The third kappa shape index (κ3) is 4.92. The summed E-state index contributed by atoms with van der Waals surface area (Å²) >= 11 is 0. The molecule has 2 rings (SSSR count). The second-order valence-electron chi connectivity index (χ2n) is 4.68. The molecule has 1 heterocycles. The molecule has 0 atom stereocenters. The van der Waals surface area contributed by atoms with Gasteiger partial charge in [-0.05, 0) is 12.0 Å². The van der Waals surface area contributed by atoms with E-state index in [4.69, 9.17) is 0 Å². The van der Waals surface area contributed by atoms with Crippen molar-refractivity contribution in [3.8, 4) is 0 Å². The van der Waals surface area contributed by atoms with Gasteiger partial charge in [-0.3, -0.25) is 5.10 Å². The Morgan fingerprint density at radius 2 is 2.05 bits per heavy atom. The van der Waals surface area contributed by atoms with Crippen molar-refractivity contribution in [3.63, 3.8) is 0 Å². The number of hydrogen-bond acceptors (Lipinski definition) is 4. The van der Waals surface area contributed by atoms with Crippen LogP contribution in [0.5, 0.6) is 0 Å². The van der Waals surface area contributed by atoms with Crippen LogP contribution in [0, 0.1) is 0 Å². The average Bonchev–Trinajstić information content (AvgIpc) is 2.98. The second-order valence-corrected chi connectivity index (χ2v) is 6.54. The second kappa shape index (κ2) is 7.30. The van der Waals surface area contributed by atoms with Crippen molar-refractivity contribution in [2.75, 3.05) is 13.6 Å². The monoisotopic (exact) mass is 309 g/mol. The van der Waals surface area contributed by atoms with Crippen molar-refractivity contribution in [1.82, 2.24) is 24.2 Å². The molecule has 0 aliphatic carbocycles. The standard InChI is InChI=1S/C13H19N5O2S/c1-18(10-12-6-3-2-4-7-12)21(19,20)16-9-5-8-13-14-11-15-17-13/h2-4,6-7,11,16H,5,8-10H2,1H3,(H,14,15,17). The summed E-state index contributed by atoms with van der Waals surface area (Å²) in [6.07, 6.45) is 2.76. The van der Waals surface area contributed by atoms with Gasteiger partial charge in [0.15, 0.2) is 0 Å². The van der Waals surface area contributed by atoms with Gasteiger partial charge in [0, 0.05) is 26.6 Å². The Balaban J connectivity index is 1.78. The Morgan fingerprint density at radius 3 is 2.71 bits per heavy atom. The maximum absolute atomic E-state index is 12.1. The van der Waals surface area contributed by atoms with Gasteiger partial charge in [0.2, 0.25) is 0 Å². The van der Waals surface area contributed by atoms with Crippen LogP contribution >= 0.6 is 0 Å². The lowest BCUT2D eigenvalue weighted by Crippen LogP contribution is -2.38. The van der Waals surface area contributed by atoms with E-state index in [1.54, 1.807) is 7.05 Å². The number of hydrogen-bond donors (Lipinski definition) is 2. The van der Waals surface area contributed by atoms with Gasteiger partial charge >= 0.3 is 0 Å². The average molecular weight is 309 g/mol. The van der Waals surface area contributed by atoms with Gasteiger partial charge in [-0.15, -0.1) is 0 Å². The summed E-state index contributed by atoms with van der Waals surface area (Å²) in [5.41, 5.74) is 0.951. The van der Waals surface area contributed by atoms with E-state index >= 15 is 0 Å². The lowest BCUT2D eigenvalue weighted by molar-refractivity contribution is 0.454. The normalized spacial score (nSPS) is 11.9. The van der Waals surface area contributed by atoms with Crippen LogP contribution < -0.4 is 4.72 Å². The molecule has 0 spiro atoms. The molecule has 7 nitrogen and oxygen atoms in total. The minimum atomic E-state index is -3.46. The zero-order chi connectivity index (χ0) is 15.1. The number of benzene rings is 1. The predicted molar refractivity (Wildman–Crippen MR) is 79.5 cm³/mol. The number of aromatic nitrogens is 3. The molecule has 2 N–H and O–H groups in total. The first-order valence-electron chi connectivity index (χ1n) is 6.67. The zero-order valence-electron chi connectivity index (χ0n) is 11.9. The van der Waals surface area contributed by atoms with E-state index in [0.29, 0.717) is 25.9 Å². The third-order valence-corrected chi connectivity index (χ3v) is 4.52. The summed E-state index contributed by atoms with van der Waals surface area (Å²) < 4.78 is 28.0. The molecule has 8 heteroatoms. The smallest absolute Gasteiger partial charge is 0.263 e. The van der Waals surface area contributed by atoms with Crippen molar-refractivity contribution < 1.29 is 8.42 Å². The Labute approximate surface area is 124 Å². The molecule has 0 saturated carbocycles. The lowest BCUT2D eigenvalue weighted by atomic mass is 10.2. The van der Waals surface area contributed by atoms with Crippen LogP contribution in [0.2, 0.25) is 0 Å². The Bertz CT molecular complexity index is 628. The highest BCUT2D eigenvalue weighted by Gasteiger charge is 2.16. The van der Waals surface area contributed by atoms with Gasteiger partial charge in [0.25, 0.3) is 10.2 Å². The molecular weight excluding hydrogens is 290 g/mol. The molecule has 0 fully saturated rings. The van der Waals surface area contributed by atoms with Gasteiger partial charge in [-0.25, -0.2) is 9.71 Å². The Hall–Kier alpha value is -1.77. The summed E-state index contributed by atoms with van der Waals surface area (Å²) in [5, 5.41) is 6.48. The molecule has 1 aromatic carbocycles. The van der Waals surface area contributed by atoms with Crippen LogP contribution in [-0.4, -0.2) is 41.5 Å². The van der Waals surface area contributed by atoms with Crippen molar-refractivity contribution in [2.45, 2.75) is 19.4 Å². The van der Waals surface area contributed by atoms with Crippen LogP contribution in [0.4, 0.5) is 0 Å². The highest BCUT2D eigenvalue weighted by atomic mass is 32.2. The highest BCUT2D eigenvalue weighted by Crippen LogP contribution is 2.05. The number of H-pyrrole nitrogens is 1. The minimum Gasteiger partial charge on any atom is -0.263 e. The number of nitrogens with zero attached hydrogens (tertiary/aromatic N) is 3. The van der Waals surface area contributed by atoms with E-state index < -0.39 is 10.2 Å².